The Hall–Kier alpha value is -1.12. The Morgan fingerprint density at radius 2 is 2.00 bits per heavy atom. The minimum Gasteiger partial charge on any atom is -0.396 e. The van der Waals surface area contributed by atoms with Crippen molar-refractivity contribution < 1.29 is 9.59 Å². The summed E-state index contributed by atoms with van der Waals surface area (Å²) in [6.07, 6.45) is 0.190. The second-order valence-electron chi connectivity index (χ2n) is 1.63. The molecule has 0 radical (unpaired) electrons. The Labute approximate surface area is 53.5 Å². The first-order chi connectivity index (χ1) is 4.09. The molecule has 2 N–H and O–H groups in total. The number of ketones is 2. The Bertz CT molecular complexity index is 160. The summed E-state index contributed by atoms with van der Waals surface area (Å²) in [5, 5.41) is 0. The van der Waals surface area contributed by atoms with Gasteiger partial charge in [-0.05, 0) is 0 Å². The van der Waals surface area contributed by atoms with Crippen LogP contribution in [0.3, 0.4) is 0 Å². The van der Waals surface area contributed by atoms with Crippen LogP contribution < -0.4 is 5.73 Å². The van der Waals surface area contributed by atoms with Crippen molar-refractivity contribution in [2.24, 2.45) is 5.73 Å². The summed E-state index contributed by atoms with van der Waals surface area (Å²) in [4.78, 5) is 21.0. The molecule has 3 heteroatoms. The lowest BCUT2D eigenvalue weighted by atomic mass is 10.2. The zero-order chi connectivity index (χ0) is 7.44. The van der Waals surface area contributed by atoms with Crippen molar-refractivity contribution >= 4 is 11.6 Å². The highest BCUT2D eigenvalue weighted by Crippen LogP contribution is 1.87. The molecule has 0 aromatic heterocycles. The van der Waals surface area contributed by atoms with Gasteiger partial charge in [0.15, 0.2) is 0 Å². The molecule has 0 unspecified atom stereocenters. The number of hydrogen-bond donors (Lipinski definition) is 1. The monoisotopic (exact) mass is 127 g/mol. The third-order valence-corrected chi connectivity index (χ3v) is 0.866. The van der Waals surface area contributed by atoms with Gasteiger partial charge < -0.3 is 5.73 Å². The topological polar surface area (TPSA) is 60.2 Å². The minimum absolute atomic E-state index is 0.179. The lowest BCUT2D eigenvalue weighted by molar-refractivity contribution is -0.134. The molecule has 0 spiro atoms. The molecule has 9 heavy (non-hydrogen) atoms. The predicted molar refractivity (Wildman–Crippen MR) is 33.6 cm³/mol. The SMILES string of the molecule is C=C(N)C(=O)C(=O)CC. The molecule has 0 aliphatic heterocycles. The summed E-state index contributed by atoms with van der Waals surface area (Å²) < 4.78 is 0. The molecule has 0 saturated carbocycles. The molecule has 0 bridgehead atoms. The van der Waals surface area contributed by atoms with Gasteiger partial charge in [-0.25, -0.2) is 0 Å². The van der Waals surface area contributed by atoms with Gasteiger partial charge in [0.05, 0.1) is 5.70 Å². The van der Waals surface area contributed by atoms with Crippen LogP contribution in [0.5, 0.6) is 0 Å². The third-order valence-electron chi connectivity index (χ3n) is 0.866. The van der Waals surface area contributed by atoms with Crippen LogP contribution in [0.15, 0.2) is 12.3 Å². The predicted octanol–water partition coefficient (Wildman–Crippen LogP) is 0.00700. The fourth-order valence-corrected chi connectivity index (χ4v) is 0.340. The number of carbonyl (C=O) groups is 2. The van der Waals surface area contributed by atoms with E-state index in [1.807, 2.05) is 0 Å². The van der Waals surface area contributed by atoms with Gasteiger partial charge in [0.25, 0.3) is 0 Å². The normalized spacial score (nSPS) is 8.56. The summed E-state index contributed by atoms with van der Waals surface area (Å²) in [6, 6.07) is 0. The Morgan fingerprint density at radius 3 is 2.11 bits per heavy atom. The maximum atomic E-state index is 10.5. The van der Waals surface area contributed by atoms with E-state index < -0.39 is 11.6 Å². The van der Waals surface area contributed by atoms with Gasteiger partial charge in [-0.1, -0.05) is 13.5 Å². The van der Waals surface area contributed by atoms with E-state index in [2.05, 4.69) is 6.58 Å². The van der Waals surface area contributed by atoms with Gasteiger partial charge in [0, 0.05) is 6.42 Å². The average molecular weight is 127 g/mol. The van der Waals surface area contributed by atoms with Crippen LogP contribution in [-0.4, -0.2) is 11.6 Å². The summed E-state index contributed by atoms with van der Waals surface area (Å²) in [5.41, 5.74) is 4.77. The van der Waals surface area contributed by atoms with E-state index in [1.165, 1.54) is 0 Å². The molecule has 0 amide bonds. The van der Waals surface area contributed by atoms with Crippen molar-refractivity contribution in [3.8, 4) is 0 Å². The van der Waals surface area contributed by atoms with Crippen LogP contribution in [0, 0.1) is 0 Å². The number of carbonyl (C=O) groups excluding carboxylic acids is 2. The molecule has 0 aromatic rings. The summed E-state index contributed by atoms with van der Waals surface area (Å²) in [6.45, 7) is 4.73. The van der Waals surface area contributed by atoms with E-state index in [9.17, 15) is 9.59 Å². The molecule has 0 heterocycles. The molecular weight excluding hydrogens is 118 g/mol. The number of hydrogen-bond acceptors (Lipinski definition) is 3. The van der Waals surface area contributed by atoms with E-state index in [0.717, 1.165) is 0 Å². The molecule has 0 aliphatic rings. The van der Waals surface area contributed by atoms with Crippen molar-refractivity contribution in [1.29, 1.82) is 0 Å². The van der Waals surface area contributed by atoms with Gasteiger partial charge in [0.2, 0.25) is 11.6 Å². The third kappa shape index (κ3) is 2.08. The quantitative estimate of drug-likeness (QED) is 0.429. The van der Waals surface area contributed by atoms with E-state index >= 15 is 0 Å². The van der Waals surface area contributed by atoms with Crippen LogP contribution in [0.2, 0.25) is 0 Å². The fraction of sp³-hybridized carbons (Fsp3) is 0.333. The molecular formula is C6H9NO2. The smallest absolute Gasteiger partial charge is 0.243 e. The second-order valence-corrected chi connectivity index (χ2v) is 1.63. The van der Waals surface area contributed by atoms with Crippen LogP contribution in [0.25, 0.3) is 0 Å². The molecule has 0 fully saturated rings. The molecule has 0 atom stereocenters. The van der Waals surface area contributed by atoms with Crippen molar-refractivity contribution in [3.63, 3.8) is 0 Å². The molecule has 0 aliphatic carbocycles. The number of nitrogens with two attached hydrogens (primary N) is 1. The number of allylic oxidation sites excluding steroid dienone is 1. The molecule has 0 saturated heterocycles. The summed E-state index contributed by atoms with van der Waals surface area (Å²) >= 11 is 0. The minimum atomic E-state index is -0.669. The van der Waals surface area contributed by atoms with Gasteiger partial charge in [-0.3, -0.25) is 9.59 Å². The number of Topliss-reactive ketones (excluding diaryl/α,β-unsaturated/α-hetero) is 2. The highest BCUT2D eigenvalue weighted by Gasteiger charge is 2.10. The largest absolute Gasteiger partial charge is 0.396 e. The van der Waals surface area contributed by atoms with Crippen molar-refractivity contribution in [1.82, 2.24) is 0 Å². The lowest BCUT2D eigenvalue weighted by Crippen LogP contribution is -2.19. The van der Waals surface area contributed by atoms with Crippen molar-refractivity contribution in [3.05, 3.63) is 12.3 Å². The van der Waals surface area contributed by atoms with E-state index in [0.29, 0.717) is 0 Å². The van der Waals surface area contributed by atoms with Gasteiger partial charge >= 0.3 is 0 Å². The van der Waals surface area contributed by atoms with Crippen LogP contribution in [-0.2, 0) is 9.59 Å². The van der Waals surface area contributed by atoms with E-state index in [4.69, 9.17) is 5.73 Å². The maximum Gasteiger partial charge on any atom is 0.243 e. The standard InChI is InChI=1S/C6H9NO2/c1-3-5(8)6(9)4(2)7/h2-3,7H2,1H3. The van der Waals surface area contributed by atoms with Crippen LogP contribution >= 0.6 is 0 Å². The van der Waals surface area contributed by atoms with Crippen molar-refractivity contribution in [2.45, 2.75) is 13.3 Å². The zero-order valence-electron chi connectivity index (χ0n) is 5.31. The molecule has 3 nitrogen and oxygen atoms in total. The van der Waals surface area contributed by atoms with Gasteiger partial charge in [0.1, 0.15) is 0 Å². The van der Waals surface area contributed by atoms with Crippen LogP contribution in [0.1, 0.15) is 13.3 Å². The Kier molecular flexibility index (Phi) is 2.64. The van der Waals surface area contributed by atoms with Crippen molar-refractivity contribution in [2.75, 3.05) is 0 Å². The van der Waals surface area contributed by atoms with E-state index in [-0.39, 0.29) is 12.1 Å². The first kappa shape index (κ1) is 7.88. The van der Waals surface area contributed by atoms with E-state index in [1.54, 1.807) is 6.92 Å². The highest BCUT2D eigenvalue weighted by atomic mass is 16.2. The molecule has 0 rings (SSSR count). The average Bonchev–Trinajstić information content (AvgIpc) is 1.84. The Morgan fingerprint density at radius 1 is 1.56 bits per heavy atom. The maximum absolute atomic E-state index is 10.5. The second kappa shape index (κ2) is 3.02. The molecule has 50 valence electrons. The Balaban J connectivity index is 4.05. The van der Waals surface area contributed by atoms with Gasteiger partial charge in [-0.2, -0.15) is 0 Å². The first-order valence-electron chi connectivity index (χ1n) is 2.61. The summed E-state index contributed by atoms with van der Waals surface area (Å²) in [7, 11) is 0. The highest BCUT2D eigenvalue weighted by molar-refractivity contribution is 6.43. The van der Waals surface area contributed by atoms with Crippen LogP contribution in [0.4, 0.5) is 0 Å². The zero-order valence-corrected chi connectivity index (χ0v) is 5.31. The van der Waals surface area contributed by atoms with Gasteiger partial charge in [-0.15, -0.1) is 0 Å². The summed E-state index contributed by atoms with van der Waals surface area (Å²) in [5.74, 6) is -1.15. The lowest BCUT2D eigenvalue weighted by Gasteiger charge is -1.92. The first-order valence-corrected chi connectivity index (χ1v) is 2.61. The fourth-order valence-electron chi connectivity index (χ4n) is 0.340. The number of rotatable bonds is 3. The molecule has 0 aromatic carbocycles.